The predicted octanol–water partition coefficient (Wildman–Crippen LogP) is 1.45. The molecule has 0 saturated carbocycles. The lowest BCUT2D eigenvalue weighted by Gasteiger charge is -2.31. The summed E-state index contributed by atoms with van der Waals surface area (Å²) in [6.45, 7) is 5.24. The van der Waals surface area contributed by atoms with Crippen molar-refractivity contribution in [3.8, 4) is 0 Å². The van der Waals surface area contributed by atoms with Crippen LogP contribution in [0.5, 0.6) is 0 Å². The molecule has 0 amide bonds. The van der Waals surface area contributed by atoms with Gasteiger partial charge in [0, 0.05) is 6.54 Å². The van der Waals surface area contributed by atoms with Gasteiger partial charge in [0.1, 0.15) is 0 Å². The minimum absolute atomic E-state index is 0.232. The fraction of sp³-hybridized carbons (Fsp3) is 0.500. The molecule has 0 N–H and O–H groups in total. The van der Waals surface area contributed by atoms with E-state index in [2.05, 4.69) is 11.8 Å². The van der Waals surface area contributed by atoms with E-state index in [0.717, 1.165) is 18.7 Å². The second-order valence-electron chi connectivity index (χ2n) is 4.35. The van der Waals surface area contributed by atoms with Crippen LogP contribution in [0.4, 0.5) is 0 Å². The summed E-state index contributed by atoms with van der Waals surface area (Å²) in [5.74, 6) is -0.232. The lowest BCUT2D eigenvalue weighted by Crippen LogP contribution is -2.44. The summed E-state index contributed by atoms with van der Waals surface area (Å²) in [7, 11) is 0. The number of esters is 1. The van der Waals surface area contributed by atoms with Crippen molar-refractivity contribution in [3.05, 3.63) is 35.9 Å². The van der Waals surface area contributed by atoms with E-state index in [9.17, 15) is 4.79 Å². The molecule has 1 aliphatic heterocycles. The van der Waals surface area contributed by atoms with Gasteiger partial charge in [0.25, 0.3) is 0 Å². The van der Waals surface area contributed by atoms with Gasteiger partial charge in [-0.3, -0.25) is 9.69 Å². The highest BCUT2D eigenvalue weighted by molar-refractivity contribution is 5.72. The Balaban J connectivity index is 1.80. The van der Waals surface area contributed by atoms with Crippen LogP contribution in [0.3, 0.4) is 0 Å². The highest BCUT2D eigenvalue weighted by Crippen LogP contribution is 2.08. The second kappa shape index (κ2) is 6.52. The summed E-state index contributed by atoms with van der Waals surface area (Å²) < 4.78 is 10.8. The zero-order chi connectivity index (χ0) is 12.8. The molecule has 2 rings (SSSR count). The maximum absolute atomic E-state index is 11.8. The van der Waals surface area contributed by atoms with Crippen molar-refractivity contribution in [3.63, 3.8) is 0 Å². The van der Waals surface area contributed by atoms with Crippen molar-refractivity contribution >= 4 is 5.97 Å². The molecule has 98 valence electrons. The molecule has 0 aromatic heterocycles. The fourth-order valence-corrected chi connectivity index (χ4v) is 1.98. The van der Waals surface area contributed by atoms with E-state index in [1.165, 1.54) is 0 Å². The van der Waals surface area contributed by atoms with Crippen LogP contribution in [-0.2, 0) is 20.7 Å². The molecule has 1 saturated heterocycles. The van der Waals surface area contributed by atoms with Crippen LogP contribution in [0, 0.1) is 0 Å². The zero-order valence-corrected chi connectivity index (χ0v) is 10.7. The average Bonchev–Trinajstić information content (AvgIpc) is 2.40. The molecule has 1 heterocycles. The highest BCUT2D eigenvalue weighted by atomic mass is 16.7. The molecule has 0 aliphatic carbocycles. The molecule has 1 aromatic carbocycles. The van der Waals surface area contributed by atoms with E-state index in [1.807, 2.05) is 30.3 Å². The summed E-state index contributed by atoms with van der Waals surface area (Å²) in [5.41, 5.74) is 0.964. The highest BCUT2D eigenvalue weighted by Gasteiger charge is 2.22. The van der Waals surface area contributed by atoms with Crippen LogP contribution in [0.2, 0.25) is 0 Å². The van der Waals surface area contributed by atoms with Gasteiger partial charge in [0.05, 0.1) is 19.6 Å². The van der Waals surface area contributed by atoms with Crippen LogP contribution in [0.15, 0.2) is 30.3 Å². The van der Waals surface area contributed by atoms with Crippen LogP contribution >= 0.6 is 0 Å². The lowest BCUT2D eigenvalue weighted by atomic mass is 10.2. The number of rotatable bonds is 4. The van der Waals surface area contributed by atoms with E-state index in [4.69, 9.17) is 9.47 Å². The Morgan fingerprint density at radius 1 is 1.44 bits per heavy atom. The molecule has 0 spiro atoms. The normalized spacial score (nSPS) is 20.6. The van der Waals surface area contributed by atoms with Gasteiger partial charge in [-0.15, -0.1) is 0 Å². The van der Waals surface area contributed by atoms with E-state index < -0.39 is 6.29 Å². The minimum atomic E-state index is -0.421. The van der Waals surface area contributed by atoms with E-state index in [1.54, 1.807) is 0 Å². The molecule has 1 atom stereocenters. The van der Waals surface area contributed by atoms with Crippen LogP contribution in [0.1, 0.15) is 12.5 Å². The maximum atomic E-state index is 11.8. The third kappa shape index (κ3) is 3.82. The van der Waals surface area contributed by atoms with Crippen LogP contribution in [-0.4, -0.2) is 43.4 Å². The van der Waals surface area contributed by atoms with Crippen molar-refractivity contribution < 1.29 is 14.3 Å². The van der Waals surface area contributed by atoms with Crippen molar-refractivity contribution in [1.82, 2.24) is 4.90 Å². The summed E-state index contributed by atoms with van der Waals surface area (Å²) in [5, 5.41) is 0. The van der Waals surface area contributed by atoms with Crippen molar-refractivity contribution in [2.75, 3.05) is 26.2 Å². The number of morpholine rings is 1. The molecule has 4 nitrogen and oxygen atoms in total. The third-order valence-electron chi connectivity index (χ3n) is 3.02. The molecule has 0 radical (unpaired) electrons. The molecule has 1 unspecified atom stereocenters. The monoisotopic (exact) mass is 249 g/mol. The Morgan fingerprint density at radius 3 is 2.94 bits per heavy atom. The maximum Gasteiger partial charge on any atom is 0.312 e. The third-order valence-corrected chi connectivity index (χ3v) is 3.02. The number of hydrogen-bond acceptors (Lipinski definition) is 4. The number of ether oxygens (including phenoxy) is 2. The average molecular weight is 249 g/mol. The van der Waals surface area contributed by atoms with Gasteiger partial charge < -0.3 is 9.47 Å². The largest absolute Gasteiger partial charge is 0.434 e. The molecule has 1 fully saturated rings. The van der Waals surface area contributed by atoms with Gasteiger partial charge in [-0.25, -0.2) is 0 Å². The number of carbonyl (C=O) groups excluding carboxylic acids is 1. The molecule has 1 aliphatic rings. The van der Waals surface area contributed by atoms with Gasteiger partial charge in [-0.1, -0.05) is 37.3 Å². The van der Waals surface area contributed by atoms with Crippen molar-refractivity contribution in [2.24, 2.45) is 0 Å². The van der Waals surface area contributed by atoms with Gasteiger partial charge >= 0.3 is 5.97 Å². The smallest absolute Gasteiger partial charge is 0.312 e. The molecular weight excluding hydrogens is 230 g/mol. The first-order valence-electron chi connectivity index (χ1n) is 6.35. The first kappa shape index (κ1) is 13.1. The number of nitrogens with zero attached hydrogens (tertiary/aromatic N) is 1. The zero-order valence-electron chi connectivity index (χ0n) is 10.7. The lowest BCUT2D eigenvalue weighted by molar-refractivity contribution is -0.193. The van der Waals surface area contributed by atoms with Gasteiger partial charge in [0.15, 0.2) is 0 Å². The molecule has 1 aromatic rings. The van der Waals surface area contributed by atoms with Gasteiger partial charge in [-0.05, 0) is 12.1 Å². The van der Waals surface area contributed by atoms with Crippen molar-refractivity contribution in [2.45, 2.75) is 19.6 Å². The van der Waals surface area contributed by atoms with Crippen LogP contribution < -0.4 is 0 Å². The fourth-order valence-electron chi connectivity index (χ4n) is 1.98. The van der Waals surface area contributed by atoms with Gasteiger partial charge in [0.2, 0.25) is 6.29 Å². The quantitative estimate of drug-likeness (QED) is 0.757. The Labute approximate surface area is 107 Å². The summed E-state index contributed by atoms with van der Waals surface area (Å²) in [6, 6.07) is 9.60. The number of hydrogen-bond donors (Lipinski definition) is 0. The minimum Gasteiger partial charge on any atom is -0.434 e. The second-order valence-corrected chi connectivity index (χ2v) is 4.35. The topological polar surface area (TPSA) is 38.8 Å². The first-order valence-corrected chi connectivity index (χ1v) is 6.35. The van der Waals surface area contributed by atoms with Crippen LogP contribution in [0.25, 0.3) is 0 Å². The Hall–Kier alpha value is -1.39. The SMILES string of the molecule is CCN1CCOC(OC(=O)Cc2ccccc2)C1. The number of carbonyl (C=O) groups is 1. The summed E-state index contributed by atoms with van der Waals surface area (Å²) >= 11 is 0. The number of likely N-dealkylation sites (N-methyl/N-ethyl adjacent to an activating group) is 1. The number of benzene rings is 1. The predicted molar refractivity (Wildman–Crippen MR) is 68.1 cm³/mol. The molecule has 18 heavy (non-hydrogen) atoms. The van der Waals surface area contributed by atoms with E-state index in [-0.39, 0.29) is 5.97 Å². The molecule has 0 bridgehead atoms. The first-order chi connectivity index (χ1) is 8.78. The van der Waals surface area contributed by atoms with Gasteiger partial charge in [-0.2, -0.15) is 0 Å². The van der Waals surface area contributed by atoms with E-state index in [0.29, 0.717) is 19.6 Å². The Bertz CT molecular complexity index is 380. The standard InChI is InChI=1S/C14H19NO3/c1-2-15-8-9-17-14(11-15)18-13(16)10-12-6-4-3-5-7-12/h3-7,14H,2,8-11H2,1H3. The van der Waals surface area contributed by atoms with Crippen molar-refractivity contribution in [1.29, 1.82) is 0 Å². The summed E-state index contributed by atoms with van der Waals surface area (Å²) in [4.78, 5) is 14.0. The molecule has 4 heteroatoms. The van der Waals surface area contributed by atoms with E-state index >= 15 is 0 Å². The Kier molecular flexibility index (Phi) is 4.73. The molecular formula is C14H19NO3. The Morgan fingerprint density at radius 2 is 2.22 bits per heavy atom. The summed E-state index contributed by atoms with van der Waals surface area (Å²) in [6.07, 6.45) is -0.123.